The highest BCUT2D eigenvalue weighted by Crippen LogP contribution is 2.40. The fourth-order valence-corrected chi connectivity index (χ4v) is 4.77. The number of rotatable bonds is 2. The number of nitrogens with zero attached hydrogens (tertiary/aromatic N) is 1. The molecular weight excluding hydrogens is 342 g/mol. The molecule has 0 aliphatic rings. The van der Waals surface area contributed by atoms with Gasteiger partial charge in [0.25, 0.3) is 5.69 Å². The number of fused-ring (bicyclic) bond motifs is 5. The maximum atomic E-state index is 11.4. The van der Waals surface area contributed by atoms with Crippen molar-refractivity contribution in [2.45, 2.75) is 0 Å². The highest BCUT2D eigenvalue weighted by Gasteiger charge is 2.16. The van der Waals surface area contributed by atoms with E-state index in [0.717, 1.165) is 10.9 Å². The molecule has 0 aliphatic heterocycles. The highest BCUT2D eigenvalue weighted by atomic mass is 32.1. The van der Waals surface area contributed by atoms with Crippen LogP contribution in [-0.4, -0.2) is 4.92 Å². The van der Waals surface area contributed by atoms with Crippen molar-refractivity contribution in [1.29, 1.82) is 0 Å². The first-order valence-corrected chi connectivity index (χ1v) is 9.12. The van der Waals surface area contributed by atoms with Crippen molar-refractivity contribution in [3.05, 3.63) is 89.0 Å². The molecule has 26 heavy (non-hydrogen) atoms. The van der Waals surface area contributed by atoms with Gasteiger partial charge in [0.2, 0.25) is 0 Å². The molecule has 5 rings (SSSR count). The summed E-state index contributed by atoms with van der Waals surface area (Å²) >= 11 is 1.77. The second kappa shape index (κ2) is 5.64. The summed E-state index contributed by atoms with van der Waals surface area (Å²) in [6, 6.07) is 25.7. The van der Waals surface area contributed by atoms with Gasteiger partial charge in [0, 0.05) is 26.2 Å². The van der Waals surface area contributed by atoms with Gasteiger partial charge in [-0.1, -0.05) is 54.6 Å². The van der Waals surface area contributed by atoms with Gasteiger partial charge in [0.1, 0.15) is 0 Å². The highest BCUT2D eigenvalue weighted by molar-refractivity contribution is 7.26. The quantitative estimate of drug-likeness (QED) is 0.259. The average molecular weight is 355 g/mol. The summed E-state index contributed by atoms with van der Waals surface area (Å²) in [5.74, 6) is 0. The first-order valence-electron chi connectivity index (χ1n) is 8.30. The Morgan fingerprint density at radius 1 is 0.769 bits per heavy atom. The number of nitro benzene ring substituents is 1. The average Bonchev–Trinajstić information content (AvgIpc) is 3.06. The molecule has 0 bridgehead atoms. The van der Waals surface area contributed by atoms with Crippen LogP contribution in [0.4, 0.5) is 5.69 Å². The third kappa shape index (κ3) is 2.20. The number of nitro groups is 1. The van der Waals surface area contributed by atoms with Gasteiger partial charge in [-0.15, -0.1) is 11.3 Å². The van der Waals surface area contributed by atoms with Gasteiger partial charge < -0.3 is 0 Å². The summed E-state index contributed by atoms with van der Waals surface area (Å²) in [5, 5.41) is 16.2. The van der Waals surface area contributed by atoms with Crippen LogP contribution in [0, 0.1) is 10.1 Å². The van der Waals surface area contributed by atoms with Crippen LogP contribution in [0.5, 0.6) is 0 Å². The maximum absolute atomic E-state index is 11.4. The molecular formula is C22H13NO2S. The molecule has 0 saturated carbocycles. The second-order valence-corrected chi connectivity index (χ2v) is 7.30. The number of thiophene rings is 1. The molecule has 0 atom stereocenters. The summed E-state index contributed by atoms with van der Waals surface area (Å²) in [5.41, 5.74) is 1.66. The van der Waals surface area contributed by atoms with E-state index >= 15 is 0 Å². The Kier molecular flexibility index (Phi) is 3.27. The summed E-state index contributed by atoms with van der Waals surface area (Å²) < 4.78 is 2.46. The molecule has 5 aromatic rings. The molecule has 0 amide bonds. The minimum absolute atomic E-state index is 0.136. The molecule has 0 fully saturated rings. The van der Waals surface area contributed by atoms with E-state index in [9.17, 15) is 10.1 Å². The Bertz CT molecular complexity index is 1320. The molecule has 0 saturated heterocycles. The lowest BCUT2D eigenvalue weighted by Crippen LogP contribution is -1.91. The van der Waals surface area contributed by atoms with Gasteiger partial charge in [0.15, 0.2) is 0 Å². The van der Waals surface area contributed by atoms with Crippen molar-refractivity contribution in [1.82, 2.24) is 0 Å². The van der Waals surface area contributed by atoms with E-state index in [0.29, 0.717) is 5.56 Å². The molecule has 3 nitrogen and oxygen atoms in total. The van der Waals surface area contributed by atoms with E-state index in [2.05, 4.69) is 42.5 Å². The molecule has 0 unspecified atom stereocenters. The molecule has 4 heteroatoms. The molecule has 0 radical (unpaired) electrons. The maximum Gasteiger partial charge on any atom is 0.277 e. The van der Waals surface area contributed by atoms with Crippen molar-refractivity contribution in [3.63, 3.8) is 0 Å². The van der Waals surface area contributed by atoms with Gasteiger partial charge >= 0.3 is 0 Å². The van der Waals surface area contributed by atoms with E-state index < -0.39 is 0 Å². The first kappa shape index (κ1) is 15.0. The molecule has 1 heterocycles. The van der Waals surface area contributed by atoms with Crippen LogP contribution in [0.25, 0.3) is 42.1 Å². The normalized spacial score (nSPS) is 11.4. The van der Waals surface area contributed by atoms with Crippen molar-refractivity contribution in [2.75, 3.05) is 0 Å². The Balaban J connectivity index is 1.82. The summed E-state index contributed by atoms with van der Waals surface area (Å²) in [4.78, 5) is 11.1. The van der Waals surface area contributed by atoms with Gasteiger partial charge in [0.05, 0.1) is 10.5 Å². The smallest absolute Gasteiger partial charge is 0.258 e. The van der Waals surface area contributed by atoms with Gasteiger partial charge in [-0.3, -0.25) is 10.1 Å². The lowest BCUT2D eigenvalue weighted by atomic mass is 10.0. The van der Waals surface area contributed by atoms with E-state index in [1.807, 2.05) is 24.3 Å². The van der Waals surface area contributed by atoms with Crippen LogP contribution < -0.4 is 0 Å². The Labute approximate surface area is 153 Å². The standard InChI is InChI=1S/C22H13NO2S/c24-23(25)20-8-4-3-6-16(20)15-10-12-21-19(13-15)18-11-9-14-5-1-2-7-17(14)22(18)26-21/h1-13H. The van der Waals surface area contributed by atoms with Gasteiger partial charge in [-0.25, -0.2) is 0 Å². The molecule has 0 N–H and O–H groups in total. The van der Waals surface area contributed by atoms with Crippen LogP contribution >= 0.6 is 11.3 Å². The van der Waals surface area contributed by atoms with Gasteiger partial charge in [-0.05, 0) is 34.5 Å². The number of benzene rings is 4. The fraction of sp³-hybridized carbons (Fsp3) is 0. The molecule has 124 valence electrons. The van der Waals surface area contributed by atoms with Gasteiger partial charge in [-0.2, -0.15) is 0 Å². The Morgan fingerprint density at radius 2 is 1.58 bits per heavy atom. The summed E-state index contributed by atoms with van der Waals surface area (Å²) in [6.07, 6.45) is 0. The van der Waals surface area contributed by atoms with Crippen molar-refractivity contribution >= 4 is 48.0 Å². The monoisotopic (exact) mass is 355 g/mol. The lowest BCUT2D eigenvalue weighted by molar-refractivity contribution is -0.384. The number of para-hydroxylation sites is 1. The Hall–Kier alpha value is -3.24. The van der Waals surface area contributed by atoms with E-state index in [1.54, 1.807) is 23.5 Å². The van der Waals surface area contributed by atoms with Crippen LogP contribution in [0.3, 0.4) is 0 Å². The molecule has 0 spiro atoms. The lowest BCUT2D eigenvalue weighted by Gasteiger charge is -2.04. The minimum Gasteiger partial charge on any atom is -0.258 e. The SMILES string of the molecule is O=[N+]([O-])c1ccccc1-c1ccc2sc3c4ccccc4ccc3c2c1. The van der Waals surface area contributed by atoms with Crippen molar-refractivity contribution < 1.29 is 4.92 Å². The van der Waals surface area contributed by atoms with Crippen molar-refractivity contribution in [2.24, 2.45) is 0 Å². The summed E-state index contributed by atoms with van der Waals surface area (Å²) in [7, 11) is 0. The van der Waals surface area contributed by atoms with E-state index in [4.69, 9.17) is 0 Å². The third-order valence-electron chi connectivity index (χ3n) is 4.77. The molecule has 0 aliphatic carbocycles. The zero-order valence-corrected chi connectivity index (χ0v) is 14.5. The topological polar surface area (TPSA) is 43.1 Å². The van der Waals surface area contributed by atoms with E-state index in [1.165, 1.54) is 25.6 Å². The van der Waals surface area contributed by atoms with Crippen LogP contribution in [-0.2, 0) is 0 Å². The zero-order chi connectivity index (χ0) is 17.7. The first-order chi connectivity index (χ1) is 12.7. The van der Waals surface area contributed by atoms with Crippen molar-refractivity contribution in [3.8, 4) is 11.1 Å². The van der Waals surface area contributed by atoms with Crippen LogP contribution in [0.2, 0.25) is 0 Å². The largest absolute Gasteiger partial charge is 0.277 e. The van der Waals surface area contributed by atoms with E-state index in [-0.39, 0.29) is 10.6 Å². The fourth-order valence-electron chi connectivity index (χ4n) is 3.55. The predicted molar refractivity (Wildman–Crippen MR) is 109 cm³/mol. The second-order valence-electron chi connectivity index (χ2n) is 6.25. The number of hydrogen-bond acceptors (Lipinski definition) is 3. The molecule has 4 aromatic carbocycles. The predicted octanol–water partition coefficient (Wildman–Crippen LogP) is 6.78. The minimum atomic E-state index is -0.321. The number of hydrogen-bond donors (Lipinski definition) is 0. The third-order valence-corrected chi connectivity index (χ3v) is 5.99. The summed E-state index contributed by atoms with van der Waals surface area (Å²) in [6.45, 7) is 0. The molecule has 1 aromatic heterocycles. The van der Waals surface area contributed by atoms with Crippen LogP contribution in [0.1, 0.15) is 0 Å². The Morgan fingerprint density at radius 3 is 2.46 bits per heavy atom. The zero-order valence-electron chi connectivity index (χ0n) is 13.7. The van der Waals surface area contributed by atoms with Crippen LogP contribution in [0.15, 0.2) is 78.9 Å².